The van der Waals surface area contributed by atoms with Gasteiger partial charge in [-0.2, -0.15) is 0 Å². The minimum Gasteiger partial charge on any atom is -0.508 e. The normalized spacial score (nSPS) is 25.9. The summed E-state index contributed by atoms with van der Waals surface area (Å²) in [7, 11) is 0. The summed E-state index contributed by atoms with van der Waals surface area (Å²) in [6, 6.07) is 8.41. The summed E-state index contributed by atoms with van der Waals surface area (Å²) >= 11 is 0. The number of phenolic OH excluding ortho intramolecular Hbond substituents is 1. The van der Waals surface area contributed by atoms with Gasteiger partial charge in [-0.3, -0.25) is 4.79 Å². The maximum Gasteiger partial charge on any atom is 0.229 e. The molecule has 5 N–H and O–H groups in total. The molecule has 0 amide bonds. The van der Waals surface area contributed by atoms with Crippen molar-refractivity contribution in [2.24, 2.45) is 0 Å². The number of hydrogen-bond donors (Lipinski definition) is 5. The molecule has 2 aliphatic rings. The lowest BCUT2D eigenvalue weighted by Crippen LogP contribution is -2.60. The second-order valence-corrected chi connectivity index (χ2v) is 10.8. The van der Waals surface area contributed by atoms with Crippen LogP contribution in [0, 0.1) is 0 Å². The highest BCUT2D eigenvalue weighted by Gasteiger charge is 2.45. The molecular formula is C31H38O9. The predicted molar refractivity (Wildman–Crippen MR) is 148 cm³/mol. The predicted octanol–water partition coefficient (Wildman–Crippen LogP) is 3.29. The summed E-state index contributed by atoms with van der Waals surface area (Å²) in [5.41, 5.74) is 4.60. The molecule has 2 aliphatic heterocycles. The quantitative estimate of drug-likeness (QED) is 0.310. The van der Waals surface area contributed by atoms with Crippen molar-refractivity contribution >= 4 is 5.78 Å². The fraction of sp³-hybridized carbons (Fsp3) is 0.452. The van der Waals surface area contributed by atoms with Gasteiger partial charge in [0.2, 0.25) is 6.29 Å². The van der Waals surface area contributed by atoms with E-state index < -0.39 is 43.4 Å². The molecule has 9 nitrogen and oxygen atoms in total. The van der Waals surface area contributed by atoms with Crippen LogP contribution in [0.1, 0.15) is 67.3 Å². The highest BCUT2D eigenvalue weighted by atomic mass is 16.7. The summed E-state index contributed by atoms with van der Waals surface area (Å²) in [6.45, 7) is 7.28. The number of ether oxygens (including phenoxy) is 3. The number of carbonyl (C=O) groups excluding carboxylic acids is 1. The number of aliphatic hydroxyl groups excluding tert-OH is 4. The van der Waals surface area contributed by atoms with Crippen LogP contribution < -0.4 is 9.47 Å². The average Bonchev–Trinajstić information content (AvgIpc) is 2.91. The molecule has 0 radical (unpaired) electrons. The molecule has 9 heteroatoms. The number of phenols is 1. The van der Waals surface area contributed by atoms with E-state index in [1.54, 1.807) is 18.2 Å². The molecular weight excluding hydrogens is 516 g/mol. The van der Waals surface area contributed by atoms with Crippen LogP contribution in [-0.4, -0.2) is 68.6 Å². The number of benzene rings is 2. The lowest BCUT2D eigenvalue weighted by Gasteiger charge is -2.39. The van der Waals surface area contributed by atoms with E-state index in [1.807, 2.05) is 45.9 Å². The number of hydrogen-bond acceptors (Lipinski definition) is 9. The molecule has 1 saturated heterocycles. The Labute approximate surface area is 234 Å². The summed E-state index contributed by atoms with van der Waals surface area (Å²) < 4.78 is 17.8. The van der Waals surface area contributed by atoms with Gasteiger partial charge in [0.25, 0.3) is 0 Å². The first-order valence-corrected chi connectivity index (χ1v) is 13.4. The van der Waals surface area contributed by atoms with Gasteiger partial charge in [-0.05, 0) is 75.9 Å². The van der Waals surface area contributed by atoms with E-state index in [2.05, 4.69) is 0 Å². The highest BCUT2D eigenvalue weighted by molar-refractivity contribution is 6.00. The van der Waals surface area contributed by atoms with Crippen LogP contribution in [0.25, 0.3) is 0 Å². The zero-order chi connectivity index (χ0) is 29.1. The van der Waals surface area contributed by atoms with Crippen LogP contribution in [0.5, 0.6) is 17.2 Å². The molecule has 0 unspecified atom stereocenters. The van der Waals surface area contributed by atoms with Crippen molar-refractivity contribution in [3.05, 3.63) is 75.9 Å². The van der Waals surface area contributed by atoms with Crippen molar-refractivity contribution in [1.82, 2.24) is 0 Å². The van der Waals surface area contributed by atoms with Crippen LogP contribution in [0.3, 0.4) is 0 Å². The Balaban J connectivity index is 1.66. The number of aliphatic hydroxyl groups is 4. The Morgan fingerprint density at radius 3 is 2.35 bits per heavy atom. The number of fused-ring (bicyclic) bond motifs is 1. The number of ketones is 1. The monoisotopic (exact) mass is 554 g/mol. The molecule has 1 fully saturated rings. The van der Waals surface area contributed by atoms with Gasteiger partial charge in [0.15, 0.2) is 5.78 Å². The molecule has 0 bridgehead atoms. The van der Waals surface area contributed by atoms with Crippen LogP contribution in [0.2, 0.25) is 0 Å². The van der Waals surface area contributed by atoms with E-state index in [0.29, 0.717) is 35.5 Å². The van der Waals surface area contributed by atoms with Crippen molar-refractivity contribution in [1.29, 1.82) is 0 Å². The number of aromatic hydroxyl groups is 1. The second kappa shape index (κ2) is 12.5. The maximum atomic E-state index is 13.1. The van der Waals surface area contributed by atoms with Crippen molar-refractivity contribution in [2.45, 2.75) is 83.8 Å². The third-order valence-electron chi connectivity index (χ3n) is 7.16. The molecule has 216 valence electrons. The van der Waals surface area contributed by atoms with E-state index in [1.165, 1.54) is 6.07 Å². The Hall–Kier alpha value is -3.21. The summed E-state index contributed by atoms with van der Waals surface area (Å²) in [5, 5.41) is 50.8. The minimum atomic E-state index is -1.56. The van der Waals surface area contributed by atoms with E-state index in [-0.39, 0.29) is 18.0 Å². The molecule has 4 rings (SSSR count). The summed E-state index contributed by atoms with van der Waals surface area (Å²) in [4.78, 5) is 13.1. The fourth-order valence-electron chi connectivity index (χ4n) is 4.80. The van der Waals surface area contributed by atoms with Crippen LogP contribution in [0.4, 0.5) is 0 Å². The van der Waals surface area contributed by atoms with Gasteiger partial charge < -0.3 is 39.7 Å². The van der Waals surface area contributed by atoms with Crippen LogP contribution in [-0.2, 0) is 17.6 Å². The number of allylic oxidation sites excluding steroid dienone is 4. The summed E-state index contributed by atoms with van der Waals surface area (Å²) in [5.74, 6) is 0.732. The number of rotatable bonds is 8. The van der Waals surface area contributed by atoms with Crippen molar-refractivity contribution in [3.8, 4) is 17.2 Å². The van der Waals surface area contributed by atoms with Crippen molar-refractivity contribution in [2.75, 3.05) is 6.61 Å². The first-order valence-electron chi connectivity index (χ1n) is 13.4. The molecule has 2 aromatic rings. The molecule has 40 heavy (non-hydrogen) atoms. The average molecular weight is 555 g/mol. The standard InChI is InChI=1S/C31H38O9/c1-16(2)5-7-18-13-19(8-12-24(18)39-31-29(37)28(36)27(35)26(15-32)40-31)25-14-23(34)21-10-11-22(33)20(30(21)38-25)9-6-17(3)4/h5-6,8,10-13,25-29,31-33,35-37H,7,9,14-15H2,1-4H3/t25-,26+,27+,28-,29+,31+/m0/s1. The third kappa shape index (κ3) is 6.40. The Morgan fingerprint density at radius 1 is 0.975 bits per heavy atom. The lowest BCUT2D eigenvalue weighted by molar-refractivity contribution is -0.277. The Bertz CT molecular complexity index is 1290. The first kappa shape index (κ1) is 29.8. The third-order valence-corrected chi connectivity index (χ3v) is 7.16. The molecule has 0 aromatic heterocycles. The van der Waals surface area contributed by atoms with Gasteiger partial charge in [0.1, 0.15) is 47.8 Å². The SMILES string of the molecule is CC(C)=CCc1cc([C@@H]2CC(=O)c3ccc(O)c(CC=C(C)C)c3O2)ccc1O[C@@H]1O[C@H](CO)[C@@H](O)[C@H](O)[C@H]1O. The largest absolute Gasteiger partial charge is 0.508 e. The zero-order valence-corrected chi connectivity index (χ0v) is 23.2. The van der Waals surface area contributed by atoms with Gasteiger partial charge in [-0.15, -0.1) is 0 Å². The van der Waals surface area contributed by atoms with Gasteiger partial charge in [0.05, 0.1) is 18.6 Å². The van der Waals surface area contributed by atoms with Gasteiger partial charge in [-0.25, -0.2) is 0 Å². The first-order chi connectivity index (χ1) is 19.0. The topological polar surface area (TPSA) is 146 Å². The lowest BCUT2D eigenvalue weighted by atomic mass is 9.92. The smallest absolute Gasteiger partial charge is 0.229 e. The second-order valence-electron chi connectivity index (χ2n) is 10.8. The van der Waals surface area contributed by atoms with Crippen molar-refractivity contribution < 1.29 is 44.5 Å². The van der Waals surface area contributed by atoms with Crippen LogP contribution >= 0.6 is 0 Å². The molecule has 2 heterocycles. The molecule has 2 aromatic carbocycles. The van der Waals surface area contributed by atoms with E-state index in [0.717, 1.165) is 22.3 Å². The van der Waals surface area contributed by atoms with Crippen LogP contribution in [0.15, 0.2) is 53.6 Å². The Kier molecular flexibility index (Phi) is 9.33. The Morgan fingerprint density at radius 2 is 1.68 bits per heavy atom. The van der Waals surface area contributed by atoms with Gasteiger partial charge >= 0.3 is 0 Å². The maximum absolute atomic E-state index is 13.1. The molecule has 0 aliphatic carbocycles. The molecule has 0 saturated carbocycles. The van der Waals surface area contributed by atoms with Crippen molar-refractivity contribution in [3.63, 3.8) is 0 Å². The number of carbonyl (C=O) groups is 1. The number of Topliss-reactive ketones (excluding diaryl/α,β-unsaturated/α-hetero) is 1. The molecule has 0 spiro atoms. The molecule has 6 atom stereocenters. The summed E-state index contributed by atoms with van der Waals surface area (Å²) in [6.07, 6.45) is -2.64. The highest BCUT2D eigenvalue weighted by Crippen LogP contribution is 2.42. The fourth-order valence-corrected chi connectivity index (χ4v) is 4.80. The van der Waals surface area contributed by atoms with E-state index >= 15 is 0 Å². The van der Waals surface area contributed by atoms with Gasteiger partial charge in [-0.1, -0.05) is 29.4 Å². The van der Waals surface area contributed by atoms with E-state index in [4.69, 9.17) is 14.2 Å². The minimum absolute atomic E-state index is 0.0669. The van der Waals surface area contributed by atoms with Gasteiger partial charge in [0, 0.05) is 5.56 Å². The van der Waals surface area contributed by atoms with E-state index in [9.17, 15) is 30.3 Å². The zero-order valence-electron chi connectivity index (χ0n) is 23.2.